The van der Waals surface area contributed by atoms with Crippen molar-refractivity contribution >= 4 is 10.9 Å². The molecule has 1 fully saturated rings. The average Bonchev–Trinajstić information content (AvgIpc) is 3.06. The highest BCUT2D eigenvalue weighted by Crippen LogP contribution is 2.32. The van der Waals surface area contributed by atoms with Crippen molar-refractivity contribution in [1.82, 2.24) is 14.7 Å². The van der Waals surface area contributed by atoms with Crippen molar-refractivity contribution in [3.8, 4) is 11.3 Å². The van der Waals surface area contributed by atoms with Crippen molar-refractivity contribution in [3.63, 3.8) is 0 Å². The number of fused-ring (bicyclic) bond motifs is 1. The van der Waals surface area contributed by atoms with Crippen molar-refractivity contribution in [1.29, 1.82) is 0 Å². The number of aryl methyl sites for hydroxylation is 2. The Labute approximate surface area is 168 Å². The molecular weight excluding hydrogens is 342 g/mol. The summed E-state index contributed by atoms with van der Waals surface area (Å²) in [5.74, 6) is 0.765. The third kappa shape index (κ3) is 3.51. The Morgan fingerprint density at radius 2 is 1.86 bits per heavy atom. The third-order valence-corrected chi connectivity index (χ3v) is 6.43. The number of rotatable bonds is 4. The fraction of sp³-hybridized carbons (Fsp3) is 0.400. The zero-order valence-electron chi connectivity index (χ0n) is 17.6. The monoisotopic (exact) mass is 373 g/mol. The number of aromatic nitrogens is 2. The lowest BCUT2D eigenvalue weighted by Crippen LogP contribution is -2.33. The van der Waals surface area contributed by atoms with Crippen molar-refractivity contribution in [3.05, 3.63) is 65.2 Å². The van der Waals surface area contributed by atoms with Crippen LogP contribution in [0.5, 0.6) is 0 Å². The molecule has 0 bridgehead atoms. The molecule has 1 aliphatic heterocycles. The molecule has 3 heteroatoms. The fourth-order valence-electron chi connectivity index (χ4n) is 4.61. The number of likely N-dealkylation sites (tertiary alicyclic amines) is 1. The molecule has 28 heavy (non-hydrogen) atoms. The molecule has 0 N–H and O–H groups in total. The molecule has 0 aliphatic carbocycles. The second-order valence-corrected chi connectivity index (χ2v) is 8.18. The van der Waals surface area contributed by atoms with E-state index in [0.29, 0.717) is 0 Å². The Hall–Kier alpha value is -2.39. The van der Waals surface area contributed by atoms with Gasteiger partial charge in [0.1, 0.15) is 5.69 Å². The minimum Gasteiger partial charge on any atom is -0.299 e. The van der Waals surface area contributed by atoms with Gasteiger partial charge in [-0.2, -0.15) is 5.10 Å². The summed E-state index contributed by atoms with van der Waals surface area (Å²) in [6.45, 7) is 9.96. The Balaban J connectivity index is 1.62. The first-order chi connectivity index (χ1) is 13.6. The Morgan fingerprint density at radius 1 is 1.11 bits per heavy atom. The van der Waals surface area contributed by atoms with Crippen LogP contribution < -0.4 is 0 Å². The zero-order valence-corrected chi connectivity index (χ0v) is 17.6. The van der Waals surface area contributed by atoms with E-state index in [4.69, 9.17) is 5.10 Å². The summed E-state index contributed by atoms with van der Waals surface area (Å²) in [6, 6.07) is 15.2. The predicted molar refractivity (Wildman–Crippen MR) is 118 cm³/mol. The first-order valence-corrected chi connectivity index (χ1v) is 10.4. The molecule has 1 saturated heterocycles. The van der Waals surface area contributed by atoms with E-state index in [1.54, 1.807) is 5.57 Å². The molecule has 0 radical (unpaired) electrons. The molecule has 1 aromatic heterocycles. The van der Waals surface area contributed by atoms with Gasteiger partial charge in [0, 0.05) is 24.5 Å². The van der Waals surface area contributed by atoms with Gasteiger partial charge in [0.2, 0.25) is 0 Å². The number of hydrogen-bond acceptors (Lipinski definition) is 2. The molecule has 3 aromatic rings. The van der Waals surface area contributed by atoms with Crippen LogP contribution in [0.1, 0.15) is 37.8 Å². The lowest BCUT2D eigenvalue weighted by Gasteiger charge is -2.32. The molecule has 0 atom stereocenters. The first kappa shape index (κ1) is 18.9. The molecule has 2 aromatic carbocycles. The van der Waals surface area contributed by atoms with E-state index in [9.17, 15) is 0 Å². The summed E-state index contributed by atoms with van der Waals surface area (Å²) in [4.78, 5) is 2.61. The first-order valence-electron chi connectivity index (χ1n) is 10.4. The van der Waals surface area contributed by atoms with Gasteiger partial charge < -0.3 is 0 Å². The maximum Gasteiger partial charge on any atom is 0.100 e. The van der Waals surface area contributed by atoms with Crippen LogP contribution in [-0.2, 0) is 13.6 Å². The maximum atomic E-state index is 4.91. The van der Waals surface area contributed by atoms with Gasteiger partial charge in [-0.1, -0.05) is 54.1 Å². The topological polar surface area (TPSA) is 21.1 Å². The summed E-state index contributed by atoms with van der Waals surface area (Å²) >= 11 is 0. The molecule has 2 heterocycles. The molecule has 0 saturated carbocycles. The van der Waals surface area contributed by atoms with Crippen molar-refractivity contribution in [2.45, 2.75) is 40.2 Å². The van der Waals surface area contributed by atoms with Gasteiger partial charge >= 0.3 is 0 Å². The second kappa shape index (κ2) is 7.92. The summed E-state index contributed by atoms with van der Waals surface area (Å²) in [6.07, 6.45) is 4.82. The van der Waals surface area contributed by atoms with Crippen LogP contribution in [-0.4, -0.2) is 27.8 Å². The van der Waals surface area contributed by atoms with Gasteiger partial charge in [0.25, 0.3) is 0 Å². The molecule has 3 nitrogen and oxygen atoms in total. The van der Waals surface area contributed by atoms with E-state index in [1.165, 1.54) is 53.5 Å². The number of benzene rings is 2. The molecule has 0 unspecified atom stereocenters. The van der Waals surface area contributed by atoms with E-state index < -0.39 is 0 Å². The molecule has 1 aliphatic rings. The van der Waals surface area contributed by atoms with Gasteiger partial charge in [-0.15, -0.1) is 0 Å². The molecule has 4 rings (SSSR count). The molecule has 146 valence electrons. The van der Waals surface area contributed by atoms with E-state index in [1.807, 2.05) is 0 Å². The van der Waals surface area contributed by atoms with Crippen LogP contribution in [0.2, 0.25) is 0 Å². The van der Waals surface area contributed by atoms with E-state index in [-0.39, 0.29) is 0 Å². The highest BCUT2D eigenvalue weighted by atomic mass is 15.3. The van der Waals surface area contributed by atoms with E-state index >= 15 is 0 Å². The smallest absolute Gasteiger partial charge is 0.100 e. The second-order valence-electron chi connectivity index (χ2n) is 8.18. The number of para-hydroxylation sites is 1. The van der Waals surface area contributed by atoms with Crippen molar-refractivity contribution in [2.75, 3.05) is 13.1 Å². The summed E-state index contributed by atoms with van der Waals surface area (Å²) < 4.78 is 2.07. The van der Waals surface area contributed by atoms with Crippen LogP contribution in [0.4, 0.5) is 0 Å². The minimum atomic E-state index is 0.765. The fourth-order valence-corrected chi connectivity index (χ4v) is 4.61. The van der Waals surface area contributed by atoms with Crippen LogP contribution in [0.15, 0.2) is 54.1 Å². The predicted octanol–water partition coefficient (Wildman–Crippen LogP) is 5.73. The number of allylic oxidation sites excluding steroid dienone is 2. The highest BCUT2D eigenvalue weighted by Gasteiger charge is 2.22. The summed E-state index contributed by atoms with van der Waals surface area (Å²) in [5, 5.41) is 6.17. The van der Waals surface area contributed by atoms with E-state index in [2.05, 4.69) is 85.9 Å². The minimum absolute atomic E-state index is 0.765. The van der Waals surface area contributed by atoms with Gasteiger partial charge in [-0.25, -0.2) is 0 Å². The van der Waals surface area contributed by atoms with Gasteiger partial charge in [-0.05, 0) is 63.7 Å². The van der Waals surface area contributed by atoms with E-state index in [0.717, 1.165) is 18.2 Å². The van der Waals surface area contributed by atoms with Gasteiger partial charge in [0.15, 0.2) is 0 Å². The van der Waals surface area contributed by atoms with Crippen LogP contribution in [0.3, 0.4) is 0 Å². The number of nitrogens with zero attached hydrogens (tertiary/aromatic N) is 3. The lowest BCUT2D eigenvalue weighted by atomic mass is 9.89. The zero-order chi connectivity index (χ0) is 19.7. The van der Waals surface area contributed by atoms with Crippen LogP contribution in [0.25, 0.3) is 22.2 Å². The van der Waals surface area contributed by atoms with Crippen molar-refractivity contribution < 1.29 is 0 Å². The Morgan fingerprint density at radius 3 is 2.57 bits per heavy atom. The SMILES string of the molecule is CC=C(C)C1CCN(Cc2cccc3c(-c4ccccc4C)nn(C)c23)CC1. The van der Waals surface area contributed by atoms with Crippen LogP contribution in [0, 0.1) is 12.8 Å². The number of hydrogen-bond donors (Lipinski definition) is 0. The Bertz CT molecular complexity index is 1000. The van der Waals surface area contributed by atoms with Crippen LogP contribution >= 0.6 is 0 Å². The highest BCUT2D eigenvalue weighted by molar-refractivity contribution is 5.95. The normalized spacial score (nSPS) is 16.8. The van der Waals surface area contributed by atoms with Gasteiger partial charge in [0.05, 0.1) is 5.52 Å². The summed E-state index contributed by atoms with van der Waals surface area (Å²) in [7, 11) is 2.08. The standard InChI is InChI=1S/C25H31N3/c1-5-18(2)20-13-15-28(16-14-20)17-21-10-8-12-23-24(26-27(4)25(21)23)22-11-7-6-9-19(22)3/h5-12,20H,13-17H2,1-4H3. The number of piperidine rings is 1. The molecule has 0 amide bonds. The van der Waals surface area contributed by atoms with Crippen molar-refractivity contribution in [2.24, 2.45) is 13.0 Å². The maximum absolute atomic E-state index is 4.91. The largest absolute Gasteiger partial charge is 0.299 e. The van der Waals surface area contributed by atoms with Gasteiger partial charge in [-0.3, -0.25) is 9.58 Å². The summed E-state index contributed by atoms with van der Waals surface area (Å²) in [5.41, 5.74) is 7.80. The third-order valence-electron chi connectivity index (χ3n) is 6.43. The Kier molecular flexibility index (Phi) is 5.36. The lowest BCUT2D eigenvalue weighted by molar-refractivity contribution is 0.192. The average molecular weight is 374 g/mol. The molecule has 0 spiro atoms. The quantitative estimate of drug-likeness (QED) is 0.545. The molecular formula is C25H31N3.